The van der Waals surface area contributed by atoms with Crippen LogP contribution >= 0.6 is 0 Å². The van der Waals surface area contributed by atoms with Gasteiger partial charge in [0.05, 0.1) is 11.9 Å². The standard InChI is InChI=1S/C15H28N4/c1-18(2)15-17-12-14(19(15)3)11-16-13-9-7-5-4-6-8-10-13/h12-13,16H,4-11H2,1-3H3. The van der Waals surface area contributed by atoms with Crippen LogP contribution in [0.15, 0.2) is 6.20 Å². The predicted octanol–water partition coefficient (Wildman–Crippen LogP) is 2.69. The van der Waals surface area contributed by atoms with E-state index in [0.717, 1.165) is 12.5 Å². The van der Waals surface area contributed by atoms with Crippen molar-refractivity contribution in [1.82, 2.24) is 14.9 Å². The number of hydrogen-bond acceptors (Lipinski definition) is 3. The van der Waals surface area contributed by atoms with Crippen molar-refractivity contribution in [3.8, 4) is 0 Å². The number of nitrogens with one attached hydrogen (secondary N) is 1. The highest BCUT2D eigenvalue weighted by molar-refractivity contribution is 5.30. The largest absolute Gasteiger partial charge is 0.348 e. The van der Waals surface area contributed by atoms with Gasteiger partial charge in [-0.3, -0.25) is 0 Å². The number of anilines is 1. The van der Waals surface area contributed by atoms with Crippen molar-refractivity contribution in [1.29, 1.82) is 0 Å². The van der Waals surface area contributed by atoms with E-state index in [0.29, 0.717) is 6.04 Å². The molecule has 0 bridgehead atoms. The molecule has 1 N–H and O–H groups in total. The summed E-state index contributed by atoms with van der Waals surface area (Å²) in [6.45, 7) is 0.933. The van der Waals surface area contributed by atoms with Gasteiger partial charge in [-0.05, 0) is 12.8 Å². The van der Waals surface area contributed by atoms with Gasteiger partial charge in [0, 0.05) is 33.7 Å². The Kier molecular flexibility index (Phi) is 5.25. The van der Waals surface area contributed by atoms with Crippen LogP contribution in [0.2, 0.25) is 0 Å². The van der Waals surface area contributed by atoms with E-state index in [2.05, 4.69) is 26.8 Å². The molecule has 0 aliphatic heterocycles. The van der Waals surface area contributed by atoms with Crippen LogP contribution in [0, 0.1) is 0 Å². The molecule has 1 heterocycles. The van der Waals surface area contributed by atoms with Crippen molar-refractivity contribution in [3.05, 3.63) is 11.9 Å². The van der Waals surface area contributed by atoms with E-state index in [1.165, 1.54) is 50.6 Å². The smallest absolute Gasteiger partial charge is 0.204 e. The lowest BCUT2D eigenvalue weighted by molar-refractivity contribution is 0.386. The van der Waals surface area contributed by atoms with Gasteiger partial charge in [-0.1, -0.05) is 32.1 Å². The minimum absolute atomic E-state index is 0.693. The molecule has 4 heteroatoms. The van der Waals surface area contributed by atoms with Crippen LogP contribution in [0.4, 0.5) is 5.95 Å². The van der Waals surface area contributed by atoms with E-state index < -0.39 is 0 Å². The number of aromatic nitrogens is 2. The van der Waals surface area contributed by atoms with E-state index in [4.69, 9.17) is 0 Å². The molecule has 1 fully saturated rings. The van der Waals surface area contributed by atoms with Crippen LogP contribution in [0.3, 0.4) is 0 Å². The quantitative estimate of drug-likeness (QED) is 0.907. The first-order chi connectivity index (χ1) is 9.18. The summed E-state index contributed by atoms with van der Waals surface area (Å²) in [6, 6.07) is 0.693. The van der Waals surface area contributed by atoms with E-state index in [-0.39, 0.29) is 0 Å². The third-order valence-electron chi connectivity index (χ3n) is 4.14. The Morgan fingerprint density at radius 3 is 2.42 bits per heavy atom. The summed E-state index contributed by atoms with van der Waals surface area (Å²) in [5.41, 5.74) is 1.27. The molecule has 0 amide bonds. The molecule has 1 aromatic rings. The number of imidazole rings is 1. The van der Waals surface area contributed by atoms with Gasteiger partial charge in [0.1, 0.15) is 0 Å². The maximum atomic E-state index is 4.46. The van der Waals surface area contributed by atoms with Crippen LogP contribution in [0.5, 0.6) is 0 Å². The maximum Gasteiger partial charge on any atom is 0.204 e. The zero-order chi connectivity index (χ0) is 13.7. The van der Waals surface area contributed by atoms with Gasteiger partial charge in [0.25, 0.3) is 0 Å². The highest BCUT2D eigenvalue weighted by Crippen LogP contribution is 2.18. The SMILES string of the molecule is CN(C)c1ncc(CNC2CCCCCCC2)n1C. The molecule has 1 aliphatic carbocycles. The lowest BCUT2D eigenvalue weighted by Gasteiger charge is -2.21. The average Bonchev–Trinajstić information content (AvgIpc) is 2.69. The van der Waals surface area contributed by atoms with Crippen molar-refractivity contribution in [2.45, 2.75) is 57.5 Å². The third-order valence-corrected chi connectivity index (χ3v) is 4.14. The van der Waals surface area contributed by atoms with E-state index in [1.807, 2.05) is 20.3 Å². The summed E-state index contributed by atoms with van der Waals surface area (Å²) < 4.78 is 2.18. The molecule has 1 saturated carbocycles. The second kappa shape index (κ2) is 6.94. The van der Waals surface area contributed by atoms with Crippen molar-refractivity contribution in [2.75, 3.05) is 19.0 Å². The van der Waals surface area contributed by atoms with Gasteiger partial charge in [0.2, 0.25) is 5.95 Å². The highest BCUT2D eigenvalue weighted by atomic mass is 15.3. The molecular weight excluding hydrogens is 236 g/mol. The normalized spacial score (nSPS) is 18.1. The van der Waals surface area contributed by atoms with Crippen molar-refractivity contribution in [2.24, 2.45) is 7.05 Å². The molecule has 108 valence electrons. The number of rotatable bonds is 4. The van der Waals surface area contributed by atoms with E-state index in [9.17, 15) is 0 Å². The van der Waals surface area contributed by atoms with Crippen LogP contribution in [-0.4, -0.2) is 29.7 Å². The van der Waals surface area contributed by atoms with Gasteiger partial charge in [0.15, 0.2) is 0 Å². The van der Waals surface area contributed by atoms with Crippen molar-refractivity contribution in [3.63, 3.8) is 0 Å². The lowest BCUT2D eigenvalue weighted by atomic mass is 9.97. The Morgan fingerprint density at radius 1 is 1.21 bits per heavy atom. The Morgan fingerprint density at radius 2 is 1.84 bits per heavy atom. The first-order valence-electron chi connectivity index (χ1n) is 7.60. The van der Waals surface area contributed by atoms with Gasteiger partial charge in [-0.15, -0.1) is 0 Å². The molecule has 1 aromatic heterocycles. The van der Waals surface area contributed by atoms with Crippen LogP contribution in [0.1, 0.15) is 50.6 Å². The van der Waals surface area contributed by atoms with Gasteiger partial charge in [-0.2, -0.15) is 0 Å². The predicted molar refractivity (Wildman–Crippen MR) is 80.5 cm³/mol. The van der Waals surface area contributed by atoms with E-state index >= 15 is 0 Å². The number of nitrogens with zero attached hydrogens (tertiary/aromatic N) is 3. The molecule has 0 spiro atoms. The first-order valence-corrected chi connectivity index (χ1v) is 7.60. The molecule has 1 aliphatic rings. The summed E-state index contributed by atoms with van der Waals surface area (Å²) in [7, 11) is 6.17. The lowest BCUT2D eigenvalue weighted by Crippen LogP contribution is -2.30. The second-order valence-electron chi connectivity index (χ2n) is 5.93. The third kappa shape index (κ3) is 3.96. The maximum absolute atomic E-state index is 4.46. The number of hydrogen-bond donors (Lipinski definition) is 1. The molecule has 0 saturated heterocycles. The minimum atomic E-state index is 0.693. The first kappa shape index (κ1) is 14.4. The molecule has 2 rings (SSSR count). The van der Waals surface area contributed by atoms with Crippen molar-refractivity contribution < 1.29 is 0 Å². The highest BCUT2D eigenvalue weighted by Gasteiger charge is 2.13. The van der Waals surface area contributed by atoms with Crippen LogP contribution in [0.25, 0.3) is 0 Å². The average molecular weight is 264 g/mol. The molecular formula is C15H28N4. The van der Waals surface area contributed by atoms with Gasteiger partial charge >= 0.3 is 0 Å². The van der Waals surface area contributed by atoms with Gasteiger partial charge in [-0.25, -0.2) is 4.98 Å². The Bertz CT molecular complexity index is 375. The van der Waals surface area contributed by atoms with Gasteiger partial charge < -0.3 is 14.8 Å². The molecule has 0 atom stereocenters. The van der Waals surface area contributed by atoms with Crippen molar-refractivity contribution >= 4 is 5.95 Å². The van der Waals surface area contributed by atoms with Crippen LogP contribution in [-0.2, 0) is 13.6 Å². The fraction of sp³-hybridized carbons (Fsp3) is 0.800. The zero-order valence-corrected chi connectivity index (χ0v) is 12.7. The minimum Gasteiger partial charge on any atom is -0.348 e. The summed E-state index contributed by atoms with van der Waals surface area (Å²) in [4.78, 5) is 6.52. The molecule has 0 radical (unpaired) electrons. The molecule has 19 heavy (non-hydrogen) atoms. The summed E-state index contributed by atoms with van der Waals surface area (Å²) >= 11 is 0. The Labute approximate surface area is 117 Å². The van der Waals surface area contributed by atoms with Crippen LogP contribution < -0.4 is 10.2 Å². The monoisotopic (exact) mass is 264 g/mol. The summed E-state index contributed by atoms with van der Waals surface area (Å²) in [5.74, 6) is 1.02. The fourth-order valence-electron chi connectivity index (χ4n) is 2.92. The molecule has 4 nitrogen and oxygen atoms in total. The van der Waals surface area contributed by atoms with E-state index in [1.54, 1.807) is 0 Å². The fourth-order valence-corrected chi connectivity index (χ4v) is 2.92. The molecule has 0 aromatic carbocycles. The Balaban J connectivity index is 1.87. The summed E-state index contributed by atoms with van der Waals surface area (Å²) in [6.07, 6.45) is 11.7. The molecule has 0 unspecified atom stereocenters. The summed E-state index contributed by atoms with van der Waals surface area (Å²) in [5, 5.41) is 3.72. The second-order valence-corrected chi connectivity index (χ2v) is 5.93. The topological polar surface area (TPSA) is 33.1 Å². The zero-order valence-electron chi connectivity index (χ0n) is 12.7. The Hall–Kier alpha value is -1.03.